The molecule has 0 aliphatic carbocycles. The first-order valence-electron chi connectivity index (χ1n) is 7.84. The SMILES string of the molecule is C#P(C)CCc1cc(/C(C=C)=C(C)/C(C)=C\C)cc(C)c1C. The molecule has 1 unspecified atom stereocenters. The smallest absolute Gasteiger partial charge is 0.00760 e. The number of aryl methyl sites for hydroxylation is 2. The first kappa shape index (κ1) is 18.6. The van der Waals surface area contributed by atoms with Crippen LogP contribution in [0, 0.1) is 20.0 Å². The van der Waals surface area contributed by atoms with Crippen molar-refractivity contribution >= 4 is 13.0 Å². The first-order valence-corrected chi connectivity index (χ1v) is 9.89. The van der Waals surface area contributed by atoms with Gasteiger partial charge in [0, 0.05) is 0 Å². The van der Waals surface area contributed by atoms with Crippen LogP contribution in [0.4, 0.5) is 0 Å². The van der Waals surface area contributed by atoms with Crippen LogP contribution in [0.3, 0.4) is 0 Å². The van der Waals surface area contributed by atoms with Crippen LogP contribution in [0.5, 0.6) is 0 Å². The summed E-state index contributed by atoms with van der Waals surface area (Å²) in [5.41, 5.74) is 9.24. The molecule has 0 nitrogen and oxygen atoms in total. The van der Waals surface area contributed by atoms with Crippen LogP contribution in [0.1, 0.15) is 43.0 Å². The van der Waals surface area contributed by atoms with Crippen molar-refractivity contribution in [2.45, 2.75) is 41.0 Å². The van der Waals surface area contributed by atoms with Gasteiger partial charge >= 0.3 is 0 Å². The van der Waals surface area contributed by atoms with E-state index in [4.69, 9.17) is 6.13 Å². The van der Waals surface area contributed by atoms with E-state index in [0.29, 0.717) is 0 Å². The molecule has 1 heteroatoms. The van der Waals surface area contributed by atoms with E-state index in [2.05, 4.69) is 66.1 Å². The number of allylic oxidation sites excluding steroid dienone is 5. The van der Waals surface area contributed by atoms with Crippen LogP contribution in [0.2, 0.25) is 0 Å². The summed E-state index contributed by atoms with van der Waals surface area (Å²) in [7, 11) is -0.341. The summed E-state index contributed by atoms with van der Waals surface area (Å²) in [5, 5.41) is 0. The summed E-state index contributed by atoms with van der Waals surface area (Å²) in [6.07, 6.45) is 12.3. The fourth-order valence-corrected chi connectivity index (χ4v) is 3.15. The molecule has 22 heavy (non-hydrogen) atoms. The summed E-state index contributed by atoms with van der Waals surface area (Å²) in [5.74, 6) is 0. The van der Waals surface area contributed by atoms with Crippen molar-refractivity contribution in [3.05, 3.63) is 64.3 Å². The van der Waals surface area contributed by atoms with Crippen LogP contribution < -0.4 is 0 Å². The van der Waals surface area contributed by atoms with Gasteiger partial charge in [-0.1, -0.05) is 36.4 Å². The molecule has 0 radical (unpaired) electrons. The van der Waals surface area contributed by atoms with Crippen LogP contribution in [0.25, 0.3) is 5.57 Å². The van der Waals surface area contributed by atoms with Gasteiger partial charge in [-0.3, -0.25) is 0 Å². The highest BCUT2D eigenvalue weighted by Crippen LogP contribution is 2.29. The van der Waals surface area contributed by atoms with E-state index in [-0.39, 0.29) is 7.38 Å². The Morgan fingerprint density at radius 2 is 1.91 bits per heavy atom. The standard InChI is InChI=1S/C21H29P/c1-9-15(3)18(6)21(10-2)20-13-16(4)17(5)19(14-20)11-12-22(7)8/h7,9-10,13-14H,2,11-12H2,1,3-6,8H3/b15-9-,21-18+. The number of rotatable bonds is 5. The second-order valence-corrected chi connectivity index (χ2v) is 7.98. The second-order valence-electron chi connectivity index (χ2n) is 6.02. The van der Waals surface area contributed by atoms with Gasteiger partial charge in [0.05, 0.1) is 0 Å². The predicted octanol–water partition coefficient (Wildman–Crippen LogP) is 6.47. The molecule has 0 aromatic heterocycles. The van der Waals surface area contributed by atoms with Gasteiger partial charge in [-0.05, 0) is 87.3 Å². The Kier molecular flexibility index (Phi) is 6.95. The Morgan fingerprint density at radius 1 is 1.27 bits per heavy atom. The summed E-state index contributed by atoms with van der Waals surface area (Å²) in [6, 6.07) is 4.60. The molecule has 118 valence electrons. The van der Waals surface area contributed by atoms with Crippen molar-refractivity contribution in [3.8, 4) is 6.13 Å². The van der Waals surface area contributed by atoms with Crippen molar-refractivity contribution in [1.29, 1.82) is 0 Å². The lowest BCUT2D eigenvalue weighted by molar-refractivity contribution is 1.10. The quantitative estimate of drug-likeness (QED) is 0.431. The molecule has 0 spiro atoms. The minimum Gasteiger partial charge on any atom is -0.147 e. The Morgan fingerprint density at radius 3 is 2.41 bits per heavy atom. The molecule has 1 aromatic rings. The zero-order valence-electron chi connectivity index (χ0n) is 15.0. The zero-order chi connectivity index (χ0) is 16.9. The third-order valence-corrected chi connectivity index (χ3v) is 5.38. The maximum absolute atomic E-state index is 5.99. The lowest BCUT2D eigenvalue weighted by Gasteiger charge is -2.15. The Hall–Kier alpha value is -1.48. The molecular formula is C21H29P. The Balaban J connectivity index is 3.42. The van der Waals surface area contributed by atoms with Gasteiger partial charge in [-0.25, -0.2) is 0 Å². The highest BCUT2D eigenvalue weighted by atomic mass is 31.1. The minimum absolute atomic E-state index is 0.341. The maximum Gasteiger partial charge on any atom is -0.00760 e. The normalized spacial score (nSPS) is 13.7. The average molecular weight is 312 g/mol. The number of benzene rings is 1. The fourth-order valence-electron chi connectivity index (χ4n) is 2.56. The maximum atomic E-state index is 5.99. The van der Waals surface area contributed by atoms with Gasteiger partial charge < -0.3 is 0 Å². The lowest BCUT2D eigenvalue weighted by atomic mass is 9.91. The van der Waals surface area contributed by atoms with Crippen molar-refractivity contribution < 1.29 is 0 Å². The van der Waals surface area contributed by atoms with Crippen LogP contribution in [-0.4, -0.2) is 12.8 Å². The van der Waals surface area contributed by atoms with Crippen molar-refractivity contribution in [2.24, 2.45) is 0 Å². The first-order chi connectivity index (χ1) is 10.3. The monoisotopic (exact) mass is 312 g/mol. The highest BCUT2D eigenvalue weighted by Gasteiger charge is 2.09. The fraction of sp³-hybridized carbons (Fsp3) is 0.381. The Labute approximate surface area is 137 Å². The molecule has 0 aliphatic heterocycles. The van der Waals surface area contributed by atoms with Gasteiger partial charge in [0.25, 0.3) is 0 Å². The van der Waals surface area contributed by atoms with Gasteiger partial charge in [-0.15, -0.1) is 13.5 Å². The molecular weight excluding hydrogens is 283 g/mol. The summed E-state index contributed by atoms with van der Waals surface area (Å²) >= 11 is 0. The van der Waals surface area contributed by atoms with Crippen molar-refractivity contribution in [3.63, 3.8) is 0 Å². The highest BCUT2D eigenvalue weighted by molar-refractivity contribution is 7.45. The molecule has 1 rings (SSSR count). The molecule has 1 atom stereocenters. The van der Waals surface area contributed by atoms with Gasteiger partial charge in [0.15, 0.2) is 0 Å². The van der Waals surface area contributed by atoms with E-state index in [0.717, 1.165) is 12.6 Å². The third-order valence-electron chi connectivity index (χ3n) is 4.45. The topological polar surface area (TPSA) is 0 Å². The second kappa shape index (κ2) is 8.23. The van der Waals surface area contributed by atoms with Gasteiger partial charge in [0.2, 0.25) is 0 Å². The molecule has 0 saturated heterocycles. The molecule has 0 heterocycles. The van der Waals surface area contributed by atoms with Crippen LogP contribution >= 0.6 is 7.38 Å². The average Bonchev–Trinajstić information content (AvgIpc) is 2.48. The van der Waals surface area contributed by atoms with E-state index in [1.807, 2.05) is 6.08 Å². The summed E-state index contributed by atoms with van der Waals surface area (Å²) in [6.45, 7) is 17.0. The van der Waals surface area contributed by atoms with Gasteiger partial charge in [-0.2, -0.15) is 0 Å². The van der Waals surface area contributed by atoms with E-state index in [9.17, 15) is 0 Å². The van der Waals surface area contributed by atoms with Crippen molar-refractivity contribution in [1.82, 2.24) is 0 Å². The number of hydrogen-bond acceptors (Lipinski definition) is 0. The van der Waals surface area contributed by atoms with Gasteiger partial charge in [0.1, 0.15) is 0 Å². The molecule has 0 aliphatic rings. The zero-order valence-corrected chi connectivity index (χ0v) is 15.8. The van der Waals surface area contributed by atoms with E-state index in [1.165, 1.54) is 39.0 Å². The van der Waals surface area contributed by atoms with E-state index < -0.39 is 0 Å². The summed E-state index contributed by atoms with van der Waals surface area (Å²) < 4.78 is 0. The molecule has 0 saturated carbocycles. The van der Waals surface area contributed by atoms with Crippen molar-refractivity contribution in [2.75, 3.05) is 12.8 Å². The molecule has 0 fully saturated rings. The predicted molar refractivity (Wildman–Crippen MR) is 104 cm³/mol. The lowest BCUT2D eigenvalue weighted by Crippen LogP contribution is -1.98. The number of hydrogen-bond donors (Lipinski definition) is 0. The van der Waals surface area contributed by atoms with E-state index >= 15 is 0 Å². The molecule has 1 aromatic carbocycles. The third kappa shape index (κ3) is 4.51. The Bertz CT molecular complexity index is 691. The largest absolute Gasteiger partial charge is 0.147 e. The molecule has 0 bridgehead atoms. The molecule has 0 amide bonds. The molecule has 0 N–H and O–H groups in total. The summed E-state index contributed by atoms with van der Waals surface area (Å²) in [4.78, 5) is 0. The van der Waals surface area contributed by atoms with Crippen LogP contribution in [-0.2, 0) is 6.42 Å². The van der Waals surface area contributed by atoms with Crippen LogP contribution in [0.15, 0.2) is 42.0 Å². The minimum atomic E-state index is -0.341. The van der Waals surface area contributed by atoms with E-state index in [1.54, 1.807) is 0 Å².